The summed E-state index contributed by atoms with van der Waals surface area (Å²) in [6.07, 6.45) is 4.82. The molecule has 0 saturated carbocycles. The van der Waals surface area contributed by atoms with Gasteiger partial charge in [0.1, 0.15) is 0 Å². The molecule has 2 aromatic heterocycles. The number of aromatic nitrogens is 2. The second-order valence-electron chi connectivity index (χ2n) is 6.75. The predicted molar refractivity (Wildman–Crippen MR) is 86.6 cm³/mol. The Morgan fingerprint density at radius 3 is 3.13 bits per heavy atom. The minimum atomic E-state index is -0.0392. The van der Waals surface area contributed by atoms with Crippen molar-refractivity contribution in [3.63, 3.8) is 0 Å². The number of carbonyl (C=O) groups is 1. The summed E-state index contributed by atoms with van der Waals surface area (Å²) in [6, 6.07) is 4.57. The molecule has 2 aliphatic rings. The topological polar surface area (TPSA) is 58.9 Å². The number of nitrogens with zero attached hydrogens (tertiary/aromatic N) is 3. The van der Waals surface area contributed by atoms with Gasteiger partial charge >= 0.3 is 0 Å². The molecule has 1 amide bonds. The van der Waals surface area contributed by atoms with E-state index in [0.717, 1.165) is 37.2 Å². The third-order valence-corrected chi connectivity index (χ3v) is 4.84. The van der Waals surface area contributed by atoms with Crippen molar-refractivity contribution < 1.29 is 9.53 Å². The predicted octanol–water partition coefficient (Wildman–Crippen LogP) is 1.23. The number of amides is 1. The van der Waals surface area contributed by atoms with Crippen LogP contribution < -0.4 is 5.32 Å². The molecule has 0 unspecified atom stereocenters. The first-order valence-electron chi connectivity index (χ1n) is 8.20. The second-order valence-corrected chi connectivity index (χ2v) is 6.75. The summed E-state index contributed by atoms with van der Waals surface area (Å²) in [5.74, 6) is -0.0392. The highest BCUT2D eigenvalue weighted by atomic mass is 16.5. The number of ether oxygens (including phenoxy) is 1. The van der Waals surface area contributed by atoms with Gasteiger partial charge in [-0.1, -0.05) is 6.07 Å². The largest absolute Gasteiger partial charge is 0.376 e. The zero-order valence-corrected chi connectivity index (χ0v) is 13.5. The van der Waals surface area contributed by atoms with Gasteiger partial charge in [0.05, 0.1) is 30.0 Å². The summed E-state index contributed by atoms with van der Waals surface area (Å²) < 4.78 is 7.48. The highest BCUT2D eigenvalue weighted by Gasteiger charge is 2.37. The van der Waals surface area contributed by atoms with Crippen molar-refractivity contribution in [1.29, 1.82) is 0 Å². The maximum absolute atomic E-state index is 12.6. The number of hydrogen-bond acceptors (Lipinski definition) is 4. The van der Waals surface area contributed by atoms with Crippen LogP contribution in [0.25, 0.3) is 5.52 Å². The van der Waals surface area contributed by atoms with Crippen molar-refractivity contribution in [3.05, 3.63) is 35.7 Å². The lowest BCUT2D eigenvalue weighted by Crippen LogP contribution is -2.45. The minimum absolute atomic E-state index is 0.0392. The summed E-state index contributed by atoms with van der Waals surface area (Å²) in [5.41, 5.74) is 2.61. The van der Waals surface area contributed by atoms with E-state index in [2.05, 4.69) is 22.2 Å². The van der Waals surface area contributed by atoms with Gasteiger partial charge in [0, 0.05) is 31.4 Å². The number of morpholine rings is 1. The minimum Gasteiger partial charge on any atom is -0.376 e. The molecule has 6 heteroatoms. The Kier molecular flexibility index (Phi) is 3.58. The SMILES string of the molecule is Cc1ccc2c(C(=O)N[C@H]3C[C@H]4CO[C@@H](C)CN4C3)cnn2c1. The van der Waals surface area contributed by atoms with E-state index in [4.69, 9.17) is 4.74 Å². The van der Waals surface area contributed by atoms with Crippen LogP contribution in [0.4, 0.5) is 0 Å². The third kappa shape index (κ3) is 2.72. The first-order chi connectivity index (χ1) is 11.1. The Labute approximate surface area is 135 Å². The van der Waals surface area contributed by atoms with E-state index in [1.165, 1.54) is 0 Å². The van der Waals surface area contributed by atoms with Crippen molar-refractivity contribution in [2.75, 3.05) is 19.7 Å². The third-order valence-electron chi connectivity index (χ3n) is 4.84. The van der Waals surface area contributed by atoms with Gasteiger partial charge in [-0.15, -0.1) is 0 Å². The maximum atomic E-state index is 12.6. The Hall–Kier alpha value is -1.92. The summed E-state index contributed by atoms with van der Waals surface area (Å²) >= 11 is 0. The molecule has 2 aliphatic heterocycles. The zero-order chi connectivity index (χ0) is 16.0. The lowest BCUT2D eigenvalue weighted by atomic mass is 10.1. The van der Waals surface area contributed by atoms with E-state index in [9.17, 15) is 4.79 Å². The van der Waals surface area contributed by atoms with E-state index in [-0.39, 0.29) is 18.1 Å². The van der Waals surface area contributed by atoms with E-state index in [1.807, 2.05) is 25.3 Å². The lowest BCUT2D eigenvalue weighted by molar-refractivity contribution is -0.0390. The molecular weight excluding hydrogens is 292 g/mol. The van der Waals surface area contributed by atoms with Gasteiger partial charge in [0.15, 0.2) is 0 Å². The number of rotatable bonds is 2. The molecule has 2 saturated heterocycles. The summed E-state index contributed by atoms with van der Waals surface area (Å²) in [7, 11) is 0. The molecule has 1 N–H and O–H groups in total. The number of aryl methyl sites for hydroxylation is 1. The van der Waals surface area contributed by atoms with Gasteiger partial charge in [-0.3, -0.25) is 9.69 Å². The fourth-order valence-electron chi connectivity index (χ4n) is 3.67. The summed E-state index contributed by atoms with van der Waals surface area (Å²) in [5, 5.41) is 7.45. The van der Waals surface area contributed by atoms with Crippen LogP contribution in [0.1, 0.15) is 29.3 Å². The van der Waals surface area contributed by atoms with E-state index >= 15 is 0 Å². The maximum Gasteiger partial charge on any atom is 0.255 e. The molecule has 4 heterocycles. The molecule has 6 nitrogen and oxygen atoms in total. The molecule has 2 aromatic rings. The molecule has 3 atom stereocenters. The van der Waals surface area contributed by atoms with Gasteiger partial charge < -0.3 is 10.1 Å². The summed E-state index contributed by atoms with van der Waals surface area (Å²) in [6.45, 7) is 6.74. The molecule has 0 bridgehead atoms. The van der Waals surface area contributed by atoms with Crippen LogP contribution in [-0.2, 0) is 4.74 Å². The van der Waals surface area contributed by atoms with Crippen LogP contribution in [0.15, 0.2) is 24.5 Å². The van der Waals surface area contributed by atoms with Gasteiger partial charge in [0.25, 0.3) is 5.91 Å². The molecule has 2 fully saturated rings. The Morgan fingerprint density at radius 2 is 2.26 bits per heavy atom. The van der Waals surface area contributed by atoms with Crippen LogP contribution in [0, 0.1) is 6.92 Å². The van der Waals surface area contributed by atoms with Crippen LogP contribution in [0.3, 0.4) is 0 Å². The van der Waals surface area contributed by atoms with Crippen LogP contribution in [0.5, 0.6) is 0 Å². The molecular formula is C17H22N4O2. The number of pyridine rings is 1. The average Bonchev–Trinajstić information content (AvgIpc) is 3.09. The molecule has 4 rings (SSSR count). The first-order valence-corrected chi connectivity index (χ1v) is 8.20. The van der Waals surface area contributed by atoms with Gasteiger partial charge in [-0.05, 0) is 31.9 Å². The van der Waals surface area contributed by atoms with Gasteiger partial charge in [0.2, 0.25) is 0 Å². The van der Waals surface area contributed by atoms with Crippen molar-refractivity contribution in [3.8, 4) is 0 Å². The van der Waals surface area contributed by atoms with Gasteiger partial charge in [-0.2, -0.15) is 5.10 Å². The molecule has 122 valence electrons. The Bertz CT molecular complexity index is 741. The van der Waals surface area contributed by atoms with Crippen molar-refractivity contribution in [2.45, 2.75) is 38.5 Å². The van der Waals surface area contributed by atoms with Crippen molar-refractivity contribution in [2.24, 2.45) is 0 Å². The van der Waals surface area contributed by atoms with Crippen molar-refractivity contribution >= 4 is 11.4 Å². The molecule has 0 aliphatic carbocycles. The second kappa shape index (κ2) is 5.62. The smallest absolute Gasteiger partial charge is 0.255 e. The normalized spacial score (nSPS) is 28.0. The van der Waals surface area contributed by atoms with Crippen LogP contribution in [-0.4, -0.2) is 58.3 Å². The standard InChI is InChI=1S/C17H22N4O2/c1-11-3-4-16-15(6-18-21(16)7-11)17(22)19-13-5-14-10-23-12(2)8-20(14)9-13/h3-4,6-7,12-14H,5,8-10H2,1-2H3,(H,19,22)/t12-,13-,14-/m0/s1. The van der Waals surface area contributed by atoms with Crippen molar-refractivity contribution in [1.82, 2.24) is 19.8 Å². The van der Waals surface area contributed by atoms with E-state index in [0.29, 0.717) is 11.6 Å². The fourth-order valence-corrected chi connectivity index (χ4v) is 3.67. The van der Waals surface area contributed by atoms with Crippen LogP contribution >= 0.6 is 0 Å². The number of hydrogen-bond donors (Lipinski definition) is 1. The number of carbonyl (C=O) groups excluding carboxylic acids is 1. The molecule has 0 radical (unpaired) electrons. The van der Waals surface area contributed by atoms with Crippen LogP contribution in [0.2, 0.25) is 0 Å². The molecule has 23 heavy (non-hydrogen) atoms. The molecule has 0 spiro atoms. The molecule has 0 aromatic carbocycles. The first kappa shape index (κ1) is 14.7. The zero-order valence-electron chi connectivity index (χ0n) is 13.5. The number of nitrogens with one attached hydrogen (secondary N) is 1. The summed E-state index contributed by atoms with van der Waals surface area (Å²) in [4.78, 5) is 15.0. The Balaban J connectivity index is 1.47. The van der Waals surface area contributed by atoms with Gasteiger partial charge in [-0.25, -0.2) is 4.52 Å². The lowest BCUT2D eigenvalue weighted by Gasteiger charge is -2.33. The highest BCUT2D eigenvalue weighted by molar-refractivity contribution is 6.00. The van der Waals surface area contributed by atoms with E-state index < -0.39 is 0 Å². The number of fused-ring (bicyclic) bond motifs is 2. The fraction of sp³-hybridized carbons (Fsp3) is 0.529. The monoisotopic (exact) mass is 314 g/mol. The average molecular weight is 314 g/mol. The highest BCUT2D eigenvalue weighted by Crippen LogP contribution is 2.23. The van der Waals surface area contributed by atoms with E-state index in [1.54, 1.807) is 10.7 Å². The quantitative estimate of drug-likeness (QED) is 0.906. The Morgan fingerprint density at radius 1 is 1.39 bits per heavy atom.